The Balaban J connectivity index is 2.12. The third-order valence-electron chi connectivity index (χ3n) is 2.72. The summed E-state index contributed by atoms with van der Waals surface area (Å²) in [6, 6.07) is 3.83. The lowest BCUT2D eigenvalue weighted by atomic mass is 10.2. The highest BCUT2D eigenvalue weighted by molar-refractivity contribution is 9.11. The second kappa shape index (κ2) is 5.69. The number of alkyl halides is 1. The minimum atomic E-state index is -0.0554. The summed E-state index contributed by atoms with van der Waals surface area (Å²) in [6.45, 7) is 3.11. The fourth-order valence-corrected chi connectivity index (χ4v) is 3.29. The first-order valence-corrected chi connectivity index (χ1v) is 7.50. The maximum Gasteiger partial charge on any atom is 0.264 e. The summed E-state index contributed by atoms with van der Waals surface area (Å²) in [7, 11) is 0. The summed E-state index contributed by atoms with van der Waals surface area (Å²) in [4.78, 5) is 14.9. The van der Waals surface area contributed by atoms with Crippen molar-refractivity contribution in [1.29, 1.82) is 0 Å². The van der Waals surface area contributed by atoms with Crippen molar-refractivity contribution in [2.24, 2.45) is 0 Å². The van der Waals surface area contributed by atoms with Crippen LogP contribution in [0, 0.1) is 0 Å². The van der Waals surface area contributed by atoms with Crippen LogP contribution in [-0.2, 0) is 4.74 Å². The summed E-state index contributed by atoms with van der Waals surface area (Å²) in [6.07, 6.45) is -0.0554. The van der Waals surface area contributed by atoms with Gasteiger partial charge in [0.1, 0.15) is 0 Å². The second-order valence-electron chi connectivity index (χ2n) is 4.02. The first-order valence-electron chi connectivity index (χ1n) is 5.35. The van der Waals surface area contributed by atoms with Gasteiger partial charge in [0.2, 0.25) is 0 Å². The molecule has 1 aliphatic heterocycles. The van der Waals surface area contributed by atoms with E-state index in [4.69, 9.17) is 16.3 Å². The van der Waals surface area contributed by atoms with E-state index >= 15 is 0 Å². The van der Waals surface area contributed by atoms with Crippen molar-refractivity contribution in [3.05, 3.63) is 20.8 Å². The van der Waals surface area contributed by atoms with Gasteiger partial charge in [0.05, 0.1) is 33.3 Å². The van der Waals surface area contributed by atoms with E-state index in [1.54, 1.807) is 0 Å². The molecule has 1 saturated heterocycles. The fourth-order valence-electron chi connectivity index (χ4n) is 1.76. The molecule has 0 bridgehead atoms. The van der Waals surface area contributed by atoms with Crippen LogP contribution in [0.2, 0.25) is 0 Å². The van der Waals surface area contributed by atoms with E-state index in [-0.39, 0.29) is 18.1 Å². The summed E-state index contributed by atoms with van der Waals surface area (Å²) in [5.41, 5.74) is 0. The van der Waals surface area contributed by atoms with E-state index in [1.165, 1.54) is 11.3 Å². The smallest absolute Gasteiger partial charge is 0.264 e. The molecule has 1 aromatic rings. The number of amides is 1. The molecule has 2 atom stereocenters. The molecule has 1 amide bonds. The molecular weight excluding hydrogens is 326 g/mol. The normalized spacial score (nSPS) is 25.0. The number of carbonyl (C=O) groups excluding carboxylic acids is 1. The topological polar surface area (TPSA) is 29.5 Å². The molecule has 0 spiro atoms. The molecule has 2 unspecified atom stereocenters. The molecule has 2 heterocycles. The first-order chi connectivity index (χ1) is 8.11. The van der Waals surface area contributed by atoms with Crippen molar-refractivity contribution in [2.75, 3.05) is 19.0 Å². The van der Waals surface area contributed by atoms with Gasteiger partial charge in [0, 0.05) is 6.54 Å². The van der Waals surface area contributed by atoms with E-state index in [9.17, 15) is 4.79 Å². The number of rotatable bonds is 2. The molecule has 3 nitrogen and oxygen atoms in total. The summed E-state index contributed by atoms with van der Waals surface area (Å²) in [5, 5.41) is 0. The molecule has 1 fully saturated rings. The molecule has 1 aromatic heterocycles. The molecular formula is C11H13BrClNO2S. The zero-order valence-corrected chi connectivity index (χ0v) is 12.5. The van der Waals surface area contributed by atoms with Crippen molar-refractivity contribution >= 4 is 44.8 Å². The largest absolute Gasteiger partial charge is 0.373 e. The number of hydrogen-bond acceptors (Lipinski definition) is 3. The lowest BCUT2D eigenvalue weighted by molar-refractivity contribution is -0.0370. The van der Waals surface area contributed by atoms with Crippen LogP contribution in [0.1, 0.15) is 16.6 Å². The number of nitrogens with zero attached hydrogens (tertiary/aromatic N) is 1. The highest BCUT2D eigenvalue weighted by Crippen LogP contribution is 2.25. The predicted octanol–water partition coefficient (Wildman–Crippen LogP) is 2.98. The Hall–Kier alpha value is -0.100. The Morgan fingerprint density at radius 2 is 2.47 bits per heavy atom. The van der Waals surface area contributed by atoms with Gasteiger partial charge < -0.3 is 9.64 Å². The van der Waals surface area contributed by atoms with Crippen molar-refractivity contribution in [2.45, 2.75) is 19.1 Å². The monoisotopic (exact) mass is 337 g/mol. The molecule has 0 N–H and O–H groups in total. The van der Waals surface area contributed by atoms with Crippen LogP contribution in [0.3, 0.4) is 0 Å². The van der Waals surface area contributed by atoms with E-state index in [2.05, 4.69) is 15.9 Å². The van der Waals surface area contributed by atoms with Crippen LogP contribution in [0.25, 0.3) is 0 Å². The maximum atomic E-state index is 12.3. The van der Waals surface area contributed by atoms with Gasteiger partial charge in [-0.2, -0.15) is 0 Å². The molecule has 0 aliphatic carbocycles. The van der Waals surface area contributed by atoms with E-state index in [0.29, 0.717) is 19.0 Å². The number of halogens is 2. The Bertz CT molecular complexity index is 412. The Morgan fingerprint density at radius 3 is 3.06 bits per heavy atom. The Labute approximate surface area is 118 Å². The van der Waals surface area contributed by atoms with Crippen LogP contribution >= 0.6 is 38.9 Å². The quantitative estimate of drug-likeness (QED) is 0.776. The van der Waals surface area contributed by atoms with Gasteiger partial charge in [-0.3, -0.25) is 4.79 Å². The third-order valence-corrected chi connectivity index (χ3v) is 4.68. The minimum absolute atomic E-state index is 0.0554. The molecule has 94 valence electrons. The summed E-state index contributed by atoms with van der Waals surface area (Å²) >= 11 is 10.6. The third kappa shape index (κ3) is 3.02. The van der Waals surface area contributed by atoms with Gasteiger partial charge in [-0.05, 0) is 35.0 Å². The summed E-state index contributed by atoms with van der Waals surface area (Å²) in [5.74, 6) is 0.483. The van der Waals surface area contributed by atoms with Crippen molar-refractivity contribution in [3.63, 3.8) is 0 Å². The van der Waals surface area contributed by atoms with Gasteiger partial charge in [-0.1, -0.05) is 0 Å². The fraction of sp³-hybridized carbons (Fsp3) is 0.545. The van der Waals surface area contributed by atoms with Gasteiger partial charge in [0.15, 0.2) is 0 Å². The highest BCUT2D eigenvalue weighted by Gasteiger charge is 2.30. The number of thiophene rings is 1. The minimum Gasteiger partial charge on any atom is -0.373 e. The van der Waals surface area contributed by atoms with Crippen LogP contribution in [0.15, 0.2) is 15.9 Å². The van der Waals surface area contributed by atoms with E-state index in [1.807, 2.05) is 24.0 Å². The predicted molar refractivity (Wildman–Crippen MR) is 73.0 cm³/mol. The molecule has 2 rings (SSSR count). The van der Waals surface area contributed by atoms with Gasteiger partial charge in [0.25, 0.3) is 5.91 Å². The van der Waals surface area contributed by atoms with Crippen LogP contribution in [0.5, 0.6) is 0 Å². The molecule has 1 aliphatic rings. The lowest BCUT2D eigenvalue weighted by Crippen LogP contribution is -2.51. The second-order valence-corrected chi connectivity index (χ2v) is 6.79. The lowest BCUT2D eigenvalue weighted by Gasteiger charge is -2.37. The van der Waals surface area contributed by atoms with Gasteiger partial charge in [-0.25, -0.2) is 0 Å². The Kier molecular flexibility index (Phi) is 4.47. The highest BCUT2D eigenvalue weighted by atomic mass is 79.9. The maximum absolute atomic E-state index is 12.3. The average molecular weight is 339 g/mol. The number of morpholine rings is 1. The molecule has 0 aromatic carbocycles. The summed E-state index contributed by atoms with van der Waals surface area (Å²) < 4.78 is 6.50. The SMILES string of the molecule is CC1COC(CCl)CN1C(=O)c1ccc(Br)s1. The van der Waals surface area contributed by atoms with Crippen molar-refractivity contribution in [3.8, 4) is 0 Å². The van der Waals surface area contributed by atoms with E-state index < -0.39 is 0 Å². The van der Waals surface area contributed by atoms with E-state index in [0.717, 1.165) is 8.66 Å². The van der Waals surface area contributed by atoms with Crippen molar-refractivity contribution in [1.82, 2.24) is 4.90 Å². The van der Waals surface area contributed by atoms with Gasteiger partial charge in [-0.15, -0.1) is 22.9 Å². The molecule has 0 radical (unpaired) electrons. The molecule has 6 heteroatoms. The van der Waals surface area contributed by atoms with Crippen LogP contribution in [-0.4, -0.2) is 42.0 Å². The zero-order valence-electron chi connectivity index (χ0n) is 9.36. The van der Waals surface area contributed by atoms with Crippen LogP contribution in [0.4, 0.5) is 0 Å². The number of ether oxygens (including phenoxy) is 1. The number of carbonyl (C=O) groups is 1. The Morgan fingerprint density at radius 1 is 1.71 bits per heavy atom. The molecule has 17 heavy (non-hydrogen) atoms. The molecule has 0 saturated carbocycles. The zero-order chi connectivity index (χ0) is 12.4. The van der Waals surface area contributed by atoms with Crippen molar-refractivity contribution < 1.29 is 9.53 Å². The first kappa shape index (κ1) is 13.3. The average Bonchev–Trinajstić information content (AvgIpc) is 2.76. The standard InChI is InChI=1S/C11H13BrClNO2S/c1-7-6-16-8(4-13)5-14(7)11(15)9-2-3-10(12)17-9/h2-3,7-8H,4-6H2,1H3. The van der Waals surface area contributed by atoms with Gasteiger partial charge >= 0.3 is 0 Å². The van der Waals surface area contributed by atoms with Crippen LogP contribution < -0.4 is 0 Å². The number of hydrogen-bond donors (Lipinski definition) is 0.